The molecule has 0 bridgehead atoms. The van der Waals surface area contributed by atoms with Gasteiger partial charge in [-0.15, -0.1) is 0 Å². The highest BCUT2D eigenvalue weighted by Crippen LogP contribution is 2.34. The summed E-state index contributed by atoms with van der Waals surface area (Å²) < 4.78 is 13.5. The molecule has 30 heavy (non-hydrogen) atoms. The average molecular weight is 446 g/mol. The number of aromatic hydroxyl groups is 1. The molecule has 3 rings (SSSR count). The van der Waals surface area contributed by atoms with Crippen LogP contribution in [-0.4, -0.2) is 43.3 Å². The average Bonchev–Trinajstić information content (AvgIpc) is 2.95. The Hall–Kier alpha value is -3.24. The molecule has 1 heterocycles. The standard InChI is InChI=1S/C20H15FN2O5S2/c1-10(17(25)22-15-6-5-13(24)9-14(15)19(27)28)23-18(26)16(30-20(23)29)8-11-3-2-4-12(21)7-11/h2-10,24H,1H3,(H,22,25)(H,27,28)/b16-8+. The van der Waals surface area contributed by atoms with E-state index in [1.54, 1.807) is 6.07 Å². The van der Waals surface area contributed by atoms with Crippen molar-refractivity contribution in [3.63, 3.8) is 0 Å². The summed E-state index contributed by atoms with van der Waals surface area (Å²) in [7, 11) is 0. The van der Waals surface area contributed by atoms with Gasteiger partial charge in [-0.2, -0.15) is 0 Å². The number of thiocarbonyl (C=S) groups is 1. The number of hydrogen-bond donors (Lipinski definition) is 3. The van der Waals surface area contributed by atoms with Gasteiger partial charge in [-0.05, 0) is 48.9 Å². The zero-order valence-electron chi connectivity index (χ0n) is 15.5. The molecule has 0 radical (unpaired) electrons. The number of benzene rings is 2. The normalized spacial score (nSPS) is 16.1. The van der Waals surface area contributed by atoms with Crippen LogP contribution in [0.25, 0.3) is 6.08 Å². The first-order valence-corrected chi connectivity index (χ1v) is 9.79. The van der Waals surface area contributed by atoms with Gasteiger partial charge < -0.3 is 15.5 Å². The summed E-state index contributed by atoms with van der Waals surface area (Å²) in [6.07, 6.45) is 1.48. The third-order valence-electron chi connectivity index (χ3n) is 4.23. The number of hydrogen-bond acceptors (Lipinski definition) is 6. The van der Waals surface area contributed by atoms with Gasteiger partial charge in [0.05, 0.1) is 16.2 Å². The Bertz CT molecular complexity index is 1100. The summed E-state index contributed by atoms with van der Waals surface area (Å²) in [6, 6.07) is 8.13. The Morgan fingerprint density at radius 3 is 2.67 bits per heavy atom. The molecule has 154 valence electrons. The predicted octanol–water partition coefficient (Wildman–Crippen LogP) is 3.46. The first-order chi connectivity index (χ1) is 14.2. The molecule has 0 spiro atoms. The SMILES string of the molecule is CC(C(=O)Nc1ccc(O)cc1C(=O)O)N1C(=O)/C(=C\c2cccc(F)c2)SC1=S. The molecule has 1 atom stereocenters. The van der Waals surface area contributed by atoms with Crippen molar-refractivity contribution in [3.8, 4) is 5.75 Å². The molecule has 10 heteroatoms. The predicted molar refractivity (Wildman–Crippen MR) is 115 cm³/mol. The fraction of sp³-hybridized carbons (Fsp3) is 0.100. The van der Waals surface area contributed by atoms with Crippen LogP contribution in [0, 0.1) is 5.82 Å². The summed E-state index contributed by atoms with van der Waals surface area (Å²) >= 11 is 6.21. The maximum atomic E-state index is 13.4. The fourth-order valence-electron chi connectivity index (χ4n) is 2.73. The van der Waals surface area contributed by atoms with E-state index in [4.69, 9.17) is 12.2 Å². The topological polar surface area (TPSA) is 107 Å². The minimum Gasteiger partial charge on any atom is -0.508 e. The number of aromatic carboxylic acids is 1. The number of amides is 2. The van der Waals surface area contributed by atoms with Crippen LogP contribution in [0.1, 0.15) is 22.8 Å². The van der Waals surface area contributed by atoms with Crippen LogP contribution in [0.2, 0.25) is 0 Å². The highest BCUT2D eigenvalue weighted by Gasteiger charge is 2.38. The van der Waals surface area contributed by atoms with E-state index in [2.05, 4.69) is 5.32 Å². The van der Waals surface area contributed by atoms with Crippen molar-refractivity contribution >= 4 is 57.8 Å². The van der Waals surface area contributed by atoms with Crippen LogP contribution in [0.5, 0.6) is 5.75 Å². The molecule has 1 unspecified atom stereocenters. The lowest BCUT2D eigenvalue weighted by Crippen LogP contribution is -2.44. The zero-order valence-corrected chi connectivity index (χ0v) is 17.1. The van der Waals surface area contributed by atoms with E-state index in [-0.39, 0.29) is 26.2 Å². The quantitative estimate of drug-likeness (QED) is 0.367. The number of anilines is 1. The number of carbonyl (C=O) groups is 3. The van der Waals surface area contributed by atoms with Crippen molar-refractivity contribution in [3.05, 3.63) is 64.3 Å². The van der Waals surface area contributed by atoms with Crippen molar-refractivity contribution in [2.45, 2.75) is 13.0 Å². The molecule has 3 N–H and O–H groups in total. The Morgan fingerprint density at radius 1 is 1.27 bits per heavy atom. The third-order valence-corrected chi connectivity index (χ3v) is 5.56. The minimum absolute atomic E-state index is 0.0297. The van der Waals surface area contributed by atoms with E-state index < -0.39 is 29.6 Å². The lowest BCUT2D eigenvalue weighted by atomic mass is 10.1. The third kappa shape index (κ3) is 4.50. The summed E-state index contributed by atoms with van der Waals surface area (Å²) in [6.45, 7) is 1.45. The number of carboxylic acids is 1. The first kappa shape index (κ1) is 21.5. The molecule has 2 amide bonds. The van der Waals surface area contributed by atoms with Gasteiger partial charge in [-0.3, -0.25) is 14.5 Å². The van der Waals surface area contributed by atoms with Crippen LogP contribution in [0.3, 0.4) is 0 Å². The lowest BCUT2D eigenvalue weighted by Gasteiger charge is -2.22. The van der Waals surface area contributed by atoms with Gasteiger partial charge in [0, 0.05) is 0 Å². The number of nitrogens with zero attached hydrogens (tertiary/aromatic N) is 1. The molecule has 2 aromatic rings. The van der Waals surface area contributed by atoms with Crippen molar-refractivity contribution < 1.29 is 29.0 Å². The number of halogens is 1. The van der Waals surface area contributed by atoms with Gasteiger partial charge in [0.15, 0.2) is 0 Å². The highest BCUT2D eigenvalue weighted by atomic mass is 32.2. The smallest absolute Gasteiger partial charge is 0.337 e. The maximum absolute atomic E-state index is 13.4. The summed E-state index contributed by atoms with van der Waals surface area (Å²) in [4.78, 5) is 38.1. The van der Waals surface area contributed by atoms with Crippen LogP contribution < -0.4 is 5.32 Å². The van der Waals surface area contributed by atoms with Gasteiger partial charge in [0.1, 0.15) is 21.9 Å². The number of nitrogens with one attached hydrogen (secondary N) is 1. The van der Waals surface area contributed by atoms with Crippen LogP contribution in [0.15, 0.2) is 47.4 Å². The molecular formula is C20H15FN2O5S2. The van der Waals surface area contributed by atoms with Crippen LogP contribution >= 0.6 is 24.0 Å². The van der Waals surface area contributed by atoms with E-state index >= 15 is 0 Å². The Kier molecular flexibility index (Phi) is 6.18. The molecule has 0 saturated carbocycles. The van der Waals surface area contributed by atoms with Gasteiger partial charge in [0.25, 0.3) is 5.91 Å². The monoisotopic (exact) mass is 446 g/mol. The molecule has 0 aliphatic carbocycles. The van der Waals surface area contributed by atoms with Gasteiger partial charge in [-0.25, -0.2) is 9.18 Å². The van der Waals surface area contributed by atoms with E-state index in [9.17, 15) is 29.0 Å². The summed E-state index contributed by atoms with van der Waals surface area (Å²) in [5.74, 6) is -3.22. The molecular weight excluding hydrogens is 431 g/mol. The zero-order chi connectivity index (χ0) is 22.0. The Labute approximate surface area is 180 Å². The van der Waals surface area contributed by atoms with Gasteiger partial charge in [-0.1, -0.05) is 36.1 Å². The summed E-state index contributed by atoms with van der Waals surface area (Å²) in [5.41, 5.74) is 0.146. The molecule has 1 aliphatic heterocycles. The van der Waals surface area contributed by atoms with Crippen LogP contribution in [-0.2, 0) is 9.59 Å². The van der Waals surface area contributed by atoms with Gasteiger partial charge >= 0.3 is 5.97 Å². The maximum Gasteiger partial charge on any atom is 0.337 e. The second kappa shape index (κ2) is 8.64. The molecule has 1 saturated heterocycles. The van der Waals surface area contributed by atoms with E-state index in [0.717, 1.165) is 22.7 Å². The number of rotatable bonds is 5. The van der Waals surface area contributed by atoms with E-state index in [1.165, 1.54) is 43.3 Å². The molecule has 0 aromatic heterocycles. The van der Waals surface area contributed by atoms with Crippen LogP contribution in [0.4, 0.5) is 10.1 Å². The largest absolute Gasteiger partial charge is 0.508 e. The van der Waals surface area contributed by atoms with E-state index in [0.29, 0.717) is 5.56 Å². The Balaban J connectivity index is 1.80. The molecule has 1 aliphatic rings. The number of thioether (sulfide) groups is 1. The van der Waals surface area contributed by atoms with Gasteiger partial charge in [0.2, 0.25) is 5.91 Å². The van der Waals surface area contributed by atoms with Crippen molar-refractivity contribution in [2.24, 2.45) is 0 Å². The minimum atomic E-state index is -1.34. The lowest BCUT2D eigenvalue weighted by molar-refractivity contribution is -0.129. The Morgan fingerprint density at radius 2 is 2.00 bits per heavy atom. The number of phenolic OH excluding ortho intramolecular Hbond substituents is 1. The van der Waals surface area contributed by atoms with Crippen molar-refractivity contribution in [1.82, 2.24) is 4.90 Å². The number of carbonyl (C=O) groups excluding carboxylic acids is 2. The van der Waals surface area contributed by atoms with E-state index in [1.807, 2.05) is 0 Å². The highest BCUT2D eigenvalue weighted by molar-refractivity contribution is 8.26. The molecule has 7 nitrogen and oxygen atoms in total. The first-order valence-electron chi connectivity index (χ1n) is 8.57. The second-order valence-electron chi connectivity index (χ2n) is 6.31. The van der Waals surface area contributed by atoms with Crippen molar-refractivity contribution in [1.29, 1.82) is 0 Å². The second-order valence-corrected chi connectivity index (χ2v) is 7.98. The number of phenols is 1. The molecule has 1 fully saturated rings. The fourth-order valence-corrected chi connectivity index (χ4v) is 4.15. The molecule has 2 aromatic carbocycles. The summed E-state index contributed by atoms with van der Waals surface area (Å²) in [5, 5.41) is 21.2. The number of carboxylic acid groups (broad SMARTS) is 1. The van der Waals surface area contributed by atoms with Crippen molar-refractivity contribution in [2.75, 3.05) is 5.32 Å².